The topological polar surface area (TPSA) is 98.7 Å². The highest BCUT2D eigenvalue weighted by Gasteiger charge is 2.25. The predicted octanol–water partition coefficient (Wildman–Crippen LogP) is 2.06. The van der Waals surface area contributed by atoms with Crippen molar-refractivity contribution >= 4 is 45.2 Å². The van der Waals surface area contributed by atoms with Gasteiger partial charge in [-0.25, -0.2) is 9.59 Å². The summed E-state index contributed by atoms with van der Waals surface area (Å²) in [6.07, 6.45) is -1.21. The van der Waals surface area contributed by atoms with Crippen LogP contribution in [0.4, 0.5) is 10.5 Å². The van der Waals surface area contributed by atoms with Crippen LogP contribution in [-0.2, 0) is 4.79 Å². The number of hydrogen-bond donors (Lipinski definition) is 4. The third kappa shape index (κ3) is 4.70. The number of benzene rings is 1. The van der Waals surface area contributed by atoms with E-state index in [-0.39, 0.29) is 0 Å². The van der Waals surface area contributed by atoms with E-state index in [0.717, 1.165) is 0 Å². The van der Waals surface area contributed by atoms with Gasteiger partial charge in [-0.1, -0.05) is 11.6 Å². The summed E-state index contributed by atoms with van der Waals surface area (Å²) in [5.41, 5.74) is 0.427. The van der Waals surface area contributed by atoms with Crippen molar-refractivity contribution in [2.75, 3.05) is 5.32 Å². The lowest BCUT2D eigenvalue weighted by Gasteiger charge is -2.17. The van der Waals surface area contributed by atoms with Crippen LogP contribution in [0.3, 0.4) is 0 Å². The summed E-state index contributed by atoms with van der Waals surface area (Å²) in [6, 6.07) is 2.60. The van der Waals surface area contributed by atoms with Gasteiger partial charge in [-0.05, 0) is 41.1 Å². The van der Waals surface area contributed by atoms with Crippen LogP contribution < -0.4 is 10.6 Å². The van der Waals surface area contributed by atoms with E-state index < -0.39 is 24.1 Å². The molecule has 1 aromatic rings. The molecule has 0 aromatic heterocycles. The van der Waals surface area contributed by atoms with Gasteiger partial charge in [-0.2, -0.15) is 0 Å². The maximum absolute atomic E-state index is 11.6. The van der Waals surface area contributed by atoms with Gasteiger partial charge in [0.25, 0.3) is 0 Å². The molecule has 0 saturated carbocycles. The smallest absolute Gasteiger partial charge is 0.328 e. The predicted molar refractivity (Wildman–Crippen MR) is 74.4 cm³/mol. The third-order valence-electron chi connectivity index (χ3n) is 2.21. The number of carboxylic acid groups (broad SMARTS) is 1. The summed E-state index contributed by atoms with van der Waals surface area (Å²) in [6.45, 7) is 1.28. The maximum Gasteiger partial charge on any atom is 0.328 e. The largest absolute Gasteiger partial charge is 0.480 e. The molecule has 2 atom stereocenters. The van der Waals surface area contributed by atoms with E-state index in [2.05, 4.69) is 26.6 Å². The minimum absolute atomic E-state index is 0.427. The minimum atomic E-state index is -1.38. The van der Waals surface area contributed by atoms with Crippen molar-refractivity contribution in [3.8, 4) is 0 Å². The Morgan fingerprint density at radius 2 is 2.05 bits per heavy atom. The second-order valence-electron chi connectivity index (χ2n) is 3.78. The minimum Gasteiger partial charge on any atom is -0.480 e. The Hall–Kier alpha value is -1.31. The molecule has 104 valence electrons. The number of amides is 2. The fraction of sp³-hybridized carbons (Fsp3) is 0.273. The molecule has 8 heteroatoms. The van der Waals surface area contributed by atoms with Crippen molar-refractivity contribution < 1.29 is 19.8 Å². The summed E-state index contributed by atoms with van der Waals surface area (Å²) < 4.78 is 0.555. The molecule has 0 aliphatic rings. The van der Waals surface area contributed by atoms with Crippen molar-refractivity contribution in [2.24, 2.45) is 0 Å². The van der Waals surface area contributed by atoms with Crippen LogP contribution in [-0.4, -0.2) is 34.4 Å². The van der Waals surface area contributed by atoms with Crippen LogP contribution in [0, 0.1) is 0 Å². The number of rotatable bonds is 4. The number of hydrogen-bond acceptors (Lipinski definition) is 3. The monoisotopic (exact) mass is 350 g/mol. The van der Waals surface area contributed by atoms with Gasteiger partial charge < -0.3 is 20.8 Å². The van der Waals surface area contributed by atoms with Gasteiger partial charge in [0.1, 0.15) is 0 Å². The normalized spacial score (nSPS) is 13.5. The molecule has 1 aromatic carbocycles. The van der Waals surface area contributed by atoms with E-state index in [1.165, 1.54) is 6.92 Å². The third-order valence-corrected chi connectivity index (χ3v) is 3.11. The van der Waals surface area contributed by atoms with Crippen LogP contribution in [0.15, 0.2) is 22.7 Å². The lowest BCUT2D eigenvalue weighted by molar-refractivity contribution is -0.141. The summed E-state index contributed by atoms with van der Waals surface area (Å²) in [5, 5.41) is 23.2. The molecule has 0 aliphatic heterocycles. The number of aliphatic hydroxyl groups excluding tert-OH is 1. The number of urea groups is 1. The van der Waals surface area contributed by atoms with Crippen LogP contribution in [0.2, 0.25) is 5.02 Å². The molecule has 0 bridgehead atoms. The van der Waals surface area contributed by atoms with E-state index in [9.17, 15) is 14.7 Å². The molecule has 19 heavy (non-hydrogen) atoms. The molecule has 0 saturated heterocycles. The number of aliphatic carboxylic acids is 1. The summed E-state index contributed by atoms with van der Waals surface area (Å²) in [5.74, 6) is -1.32. The first-order valence-corrected chi connectivity index (χ1v) is 6.42. The average Bonchev–Trinajstić information content (AvgIpc) is 2.29. The number of anilines is 1. The van der Waals surface area contributed by atoms with Crippen LogP contribution in [0.1, 0.15) is 6.92 Å². The highest BCUT2D eigenvalue weighted by atomic mass is 79.9. The quantitative estimate of drug-likeness (QED) is 0.667. The van der Waals surface area contributed by atoms with Crippen LogP contribution in [0.5, 0.6) is 0 Å². The fourth-order valence-corrected chi connectivity index (χ4v) is 2.06. The van der Waals surface area contributed by atoms with Crippen LogP contribution >= 0.6 is 27.5 Å². The second kappa shape index (κ2) is 6.74. The Balaban J connectivity index is 2.72. The van der Waals surface area contributed by atoms with Gasteiger partial charge in [0.2, 0.25) is 0 Å². The molecule has 6 nitrogen and oxygen atoms in total. The number of halogens is 2. The number of nitrogens with one attached hydrogen (secondary N) is 2. The number of carbonyl (C=O) groups is 2. The zero-order chi connectivity index (χ0) is 14.6. The van der Waals surface area contributed by atoms with Gasteiger partial charge in [0.15, 0.2) is 6.04 Å². The Morgan fingerprint density at radius 1 is 1.42 bits per heavy atom. The van der Waals surface area contributed by atoms with Gasteiger partial charge in [0, 0.05) is 9.50 Å². The van der Waals surface area contributed by atoms with Crippen molar-refractivity contribution in [3.05, 3.63) is 27.7 Å². The first-order chi connectivity index (χ1) is 8.81. The van der Waals surface area contributed by atoms with Crippen LogP contribution in [0.25, 0.3) is 0 Å². The standard InChI is InChI=1S/C11H12BrClN2O4/c1-5(16)9(10(17)18)15-11(19)14-8-3-2-6(13)4-7(8)12/h2-5,9,16H,1H3,(H,17,18)(H2,14,15,19)/t5-,9+/m1/s1. The highest BCUT2D eigenvalue weighted by molar-refractivity contribution is 9.10. The number of carbonyl (C=O) groups excluding carboxylic acids is 1. The lowest BCUT2D eigenvalue weighted by atomic mass is 10.2. The molecular formula is C11H12BrClN2O4. The molecule has 0 heterocycles. The Morgan fingerprint density at radius 3 is 2.53 bits per heavy atom. The SMILES string of the molecule is C[C@@H](O)[C@H](NC(=O)Nc1ccc(Cl)cc1Br)C(=O)O. The van der Waals surface area contributed by atoms with E-state index in [1.807, 2.05) is 0 Å². The molecule has 2 amide bonds. The van der Waals surface area contributed by atoms with Crippen molar-refractivity contribution in [1.82, 2.24) is 5.32 Å². The molecule has 0 spiro atoms. The van der Waals surface area contributed by atoms with Gasteiger partial charge >= 0.3 is 12.0 Å². The Kier molecular flexibility index (Phi) is 5.59. The molecule has 0 fully saturated rings. The van der Waals surface area contributed by atoms with E-state index >= 15 is 0 Å². The number of carboxylic acids is 1. The first kappa shape index (κ1) is 15.7. The highest BCUT2D eigenvalue weighted by Crippen LogP contribution is 2.25. The Bertz CT molecular complexity index is 496. The number of aliphatic hydroxyl groups is 1. The van der Waals surface area contributed by atoms with Gasteiger partial charge in [-0.3, -0.25) is 0 Å². The average molecular weight is 352 g/mol. The summed E-state index contributed by atoms with van der Waals surface area (Å²) >= 11 is 8.96. The van der Waals surface area contributed by atoms with E-state index in [4.69, 9.17) is 16.7 Å². The lowest BCUT2D eigenvalue weighted by Crippen LogP contribution is -2.49. The zero-order valence-corrected chi connectivity index (χ0v) is 12.2. The maximum atomic E-state index is 11.6. The van der Waals surface area contributed by atoms with E-state index in [1.54, 1.807) is 18.2 Å². The zero-order valence-electron chi connectivity index (χ0n) is 9.85. The van der Waals surface area contributed by atoms with Crippen molar-refractivity contribution in [3.63, 3.8) is 0 Å². The molecule has 0 aliphatic carbocycles. The summed E-state index contributed by atoms with van der Waals surface area (Å²) in [7, 11) is 0. The molecule has 0 unspecified atom stereocenters. The van der Waals surface area contributed by atoms with Gasteiger partial charge in [0.05, 0.1) is 11.8 Å². The van der Waals surface area contributed by atoms with Crippen molar-refractivity contribution in [2.45, 2.75) is 19.1 Å². The molecule has 4 N–H and O–H groups in total. The fourth-order valence-electron chi connectivity index (χ4n) is 1.28. The van der Waals surface area contributed by atoms with Gasteiger partial charge in [-0.15, -0.1) is 0 Å². The molecule has 1 rings (SSSR count). The molecule has 0 radical (unpaired) electrons. The van der Waals surface area contributed by atoms with Crippen molar-refractivity contribution in [1.29, 1.82) is 0 Å². The second-order valence-corrected chi connectivity index (χ2v) is 5.07. The summed E-state index contributed by atoms with van der Waals surface area (Å²) in [4.78, 5) is 22.4. The first-order valence-electron chi connectivity index (χ1n) is 5.24. The molecular weight excluding hydrogens is 339 g/mol. The Labute approximate surface area is 122 Å². The van der Waals surface area contributed by atoms with E-state index in [0.29, 0.717) is 15.2 Å².